The molecule has 0 spiro atoms. The molecule has 2 heteroatoms. The van der Waals surface area contributed by atoms with E-state index in [9.17, 15) is 4.79 Å². The van der Waals surface area contributed by atoms with E-state index in [1.54, 1.807) is 0 Å². The second kappa shape index (κ2) is 6.90. The summed E-state index contributed by atoms with van der Waals surface area (Å²) >= 11 is 0. The first-order valence-electron chi connectivity index (χ1n) is 7.01. The van der Waals surface area contributed by atoms with Gasteiger partial charge in [0.2, 0.25) is 0 Å². The summed E-state index contributed by atoms with van der Waals surface area (Å²) < 4.78 is 5.52. The van der Waals surface area contributed by atoms with Gasteiger partial charge in [-0.25, -0.2) is 0 Å². The lowest BCUT2D eigenvalue weighted by Gasteiger charge is -2.07. The van der Waals surface area contributed by atoms with Gasteiger partial charge in [-0.1, -0.05) is 31.2 Å². The number of carbonyl (C=O) groups is 1. The minimum Gasteiger partial charge on any atom is -0.494 e. The summed E-state index contributed by atoms with van der Waals surface area (Å²) in [5.41, 5.74) is 2.98. The normalized spacial score (nSPS) is 10.3. The van der Waals surface area contributed by atoms with Crippen LogP contribution in [-0.2, 0) is 6.42 Å². The SMILES string of the molecule is CCCOc1ccc(C(=O)Cc2ccccc2C)cc1. The molecule has 0 N–H and O–H groups in total. The third kappa shape index (κ3) is 3.70. The lowest BCUT2D eigenvalue weighted by Crippen LogP contribution is -2.05. The van der Waals surface area contributed by atoms with Crippen LogP contribution < -0.4 is 4.74 Å². The van der Waals surface area contributed by atoms with Gasteiger partial charge in [0, 0.05) is 12.0 Å². The average molecular weight is 268 g/mol. The Labute approximate surface area is 120 Å². The number of ether oxygens (including phenoxy) is 1. The van der Waals surface area contributed by atoms with Crippen LogP contribution in [0.25, 0.3) is 0 Å². The zero-order valence-corrected chi connectivity index (χ0v) is 12.1. The number of hydrogen-bond acceptors (Lipinski definition) is 2. The lowest BCUT2D eigenvalue weighted by atomic mass is 9.99. The highest BCUT2D eigenvalue weighted by molar-refractivity contribution is 5.97. The predicted molar refractivity (Wildman–Crippen MR) is 81.4 cm³/mol. The van der Waals surface area contributed by atoms with Gasteiger partial charge in [0.15, 0.2) is 5.78 Å². The minimum atomic E-state index is 0.140. The summed E-state index contributed by atoms with van der Waals surface area (Å²) in [7, 11) is 0. The maximum absolute atomic E-state index is 12.3. The fourth-order valence-corrected chi connectivity index (χ4v) is 2.04. The molecule has 2 rings (SSSR count). The number of Topliss-reactive ketones (excluding diaryl/α,β-unsaturated/α-hetero) is 1. The Bertz CT molecular complexity index is 570. The van der Waals surface area contributed by atoms with Gasteiger partial charge in [-0.05, 0) is 48.7 Å². The van der Waals surface area contributed by atoms with Gasteiger partial charge < -0.3 is 4.74 Å². The molecular formula is C18H20O2. The standard InChI is InChI=1S/C18H20O2/c1-3-12-20-17-10-8-15(9-11-17)18(19)13-16-7-5-4-6-14(16)2/h4-11H,3,12-13H2,1-2H3. The summed E-state index contributed by atoms with van der Waals surface area (Å²) in [6.07, 6.45) is 1.43. The molecule has 2 aromatic rings. The molecule has 20 heavy (non-hydrogen) atoms. The van der Waals surface area contributed by atoms with Crippen LogP contribution in [-0.4, -0.2) is 12.4 Å². The van der Waals surface area contributed by atoms with Gasteiger partial charge in [0.1, 0.15) is 5.75 Å². The lowest BCUT2D eigenvalue weighted by molar-refractivity contribution is 0.0992. The number of ketones is 1. The molecule has 0 unspecified atom stereocenters. The van der Waals surface area contributed by atoms with Gasteiger partial charge in [-0.15, -0.1) is 0 Å². The number of aryl methyl sites for hydroxylation is 1. The van der Waals surface area contributed by atoms with Gasteiger partial charge in [0.05, 0.1) is 6.61 Å². The van der Waals surface area contributed by atoms with Crippen molar-refractivity contribution in [2.24, 2.45) is 0 Å². The van der Waals surface area contributed by atoms with E-state index in [0.29, 0.717) is 13.0 Å². The van der Waals surface area contributed by atoms with E-state index in [1.165, 1.54) is 0 Å². The van der Waals surface area contributed by atoms with Crippen molar-refractivity contribution in [2.75, 3.05) is 6.61 Å². The van der Waals surface area contributed by atoms with Crippen LogP contribution in [0.5, 0.6) is 5.75 Å². The van der Waals surface area contributed by atoms with E-state index in [1.807, 2.05) is 55.5 Å². The van der Waals surface area contributed by atoms with Crippen LogP contribution in [0.1, 0.15) is 34.8 Å². The molecule has 104 valence electrons. The molecular weight excluding hydrogens is 248 g/mol. The molecule has 0 aromatic heterocycles. The highest BCUT2D eigenvalue weighted by Crippen LogP contribution is 2.15. The van der Waals surface area contributed by atoms with Gasteiger partial charge in [-0.2, -0.15) is 0 Å². The van der Waals surface area contributed by atoms with Crippen molar-refractivity contribution in [3.63, 3.8) is 0 Å². The van der Waals surface area contributed by atoms with Crippen molar-refractivity contribution in [3.05, 3.63) is 65.2 Å². The largest absolute Gasteiger partial charge is 0.494 e. The second-order valence-corrected chi connectivity index (χ2v) is 4.90. The second-order valence-electron chi connectivity index (χ2n) is 4.90. The van der Waals surface area contributed by atoms with Crippen molar-refractivity contribution in [2.45, 2.75) is 26.7 Å². The molecule has 0 fully saturated rings. The van der Waals surface area contributed by atoms with E-state index in [0.717, 1.165) is 28.9 Å². The van der Waals surface area contributed by atoms with Gasteiger partial charge >= 0.3 is 0 Å². The van der Waals surface area contributed by atoms with Crippen LogP contribution in [0.2, 0.25) is 0 Å². The summed E-state index contributed by atoms with van der Waals surface area (Å²) in [5, 5.41) is 0. The Hall–Kier alpha value is -2.09. The summed E-state index contributed by atoms with van der Waals surface area (Å²) in [6, 6.07) is 15.4. The monoisotopic (exact) mass is 268 g/mol. The fourth-order valence-electron chi connectivity index (χ4n) is 2.04. The Morgan fingerprint density at radius 3 is 2.40 bits per heavy atom. The number of hydrogen-bond donors (Lipinski definition) is 0. The zero-order chi connectivity index (χ0) is 14.4. The molecule has 0 saturated heterocycles. The Morgan fingerprint density at radius 1 is 1.05 bits per heavy atom. The highest BCUT2D eigenvalue weighted by atomic mass is 16.5. The number of benzene rings is 2. The summed E-state index contributed by atoms with van der Waals surface area (Å²) in [4.78, 5) is 12.3. The van der Waals surface area contributed by atoms with E-state index in [-0.39, 0.29) is 5.78 Å². The van der Waals surface area contributed by atoms with Gasteiger partial charge in [0.25, 0.3) is 0 Å². The first-order chi connectivity index (χ1) is 9.70. The molecule has 0 aliphatic rings. The third-order valence-electron chi connectivity index (χ3n) is 3.26. The fraction of sp³-hybridized carbons (Fsp3) is 0.278. The molecule has 2 nitrogen and oxygen atoms in total. The van der Waals surface area contributed by atoms with Gasteiger partial charge in [-0.3, -0.25) is 4.79 Å². The van der Waals surface area contributed by atoms with Crippen LogP contribution in [0, 0.1) is 6.92 Å². The van der Waals surface area contributed by atoms with Crippen molar-refractivity contribution >= 4 is 5.78 Å². The Morgan fingerprint density at radius 2 is 1.75 bits per heavy atom. The predicted octanol–water partition coefficient (Wildman–Crippen LogP) is 4.21. The Balaban J connectivity index is 2.04. The van der Waals surface area contributed by atoms with Crippen LogP contribution in [0.15, 0.2) is 48.5 Å². The van der Waals surface area contributed by atoms with E-state index >= 15 is 0 Å². The molecule has 0 aliphatic heterocycles. The van der Waals surface area contributed by atoms with Crippen molar-refractivity contribution in [1.29, 1.82) is 0 Å². The van der Waals surface area contributed by atoms with E-state index in [2.05, 4.69) is 6.92 Å². The van der Waals surface area contributed by atoms with E-state index < -0.39 is 0 Å². The average Bonchev–Trinajstić information content (AvgIpc) is 2.48. The first kappa shape index (κ1) is 14.3. The maximum Gasteiger partial charge on any atom is 0.167 e. The first-order valence-corrected chi connectivity index (χ1v) is 7.01. The number of rotatable bonds is 6. The summed E-state index contributed by atoms with van der Waals surface area (Å²) in [5.74, 6) is 0.959. The van der Waals surface area contributed by atoms with Crippen LogP contribution in [0.3, 0.4) is 0 Å². The number of carbonyl (C=O) groups excluding carboxylic acids is 1. The Kier molecular flexibility index (Phi) is 4.94. The minimum absolute atomic E-state index is 0.140. The van der Waals surface area contributed by atoms with Crippen LogP contribution in [0.4, 0.5) is 0 Å². The molecule has 0 amide bonds. The summed E-state index contributed by atoms with van der Waals surface area (Å²) in [6.45, 7) is 4.81. The maximum atomic E-state index is 12.3. The molecule has 0 atom stereocenters. The van der Waals surface area contributed by atoms with Crippen molar-refractivity contribution in [3.8, 4) is 5.75 Å². The molecule has 0 aliphatic carbocycles. The zero-order valence-electron chi connectivity index (χ0n) is 12.1. The molecule has 0 radical (unpaired) electrons. The molecule has 0 saturated carbocycles. The van der Waals surface area contributed by atoms with E-state index in [4.69, 9.17) is 4.74 Å². The molecule has 2 aromatic carbocycles. The van der Waals surface area contributed by atoms with Crippen molar-refractivity contribution < 1.29 is 9.53 Å². The third-order valence-corrected chi connectivity index (χ3v) is 3.26. The quantitative estimate of drug-likeness (QED) is 0.734. The van der Waals surface area contributed by atoms with Crippen LogP contribution >= 0.6 is 0 Å². The smallest absolute Gasteiger partial charge is 0.167 e. The molecule has 0 bridgehead atoms. The molecule has 0 heterocycles. The van der Waals surface area contributed by atoms with Crippen molar-refractivity contribution in [1.82, 2.24) is 0 Å². The highest BCUT2D eigenvalue weighted by Gasteiger charge is 2.08. The topological polar surface area (TPSA) is 26.3 Å².